The fraction of sp³-hybridized carbons (Fsp3) is 0.0909. The van der Waals surface area contributed by atoms with Gasteiger partial charge < -0.3 is 18.6 Å². The van der Waals surface area contributed by atoms with Crippen molar-refractivity contribution in [3.63, 3.8) is 0 Å². The van der Waals surface area contributed by atoms with E-state index in [1.54, 1.807) is 68.8 Å². The Kier molecular flexibility index (Phi) is 6.37. The molecule has 1 heterocycles. The molecule has 0 fully saturated rings. The fourth-order valence-corrected chi connectivity index (χ4v) is 2.87. The minimum atomic E-state index is -0.595. The lowest BCUT2D eigenvalue weighted by Crippen LogP contribution is -2.06. The van der Waals surface area contributed by atoms with Gasteiger partial charge in [0, 0.05) is 0 Å². The maximum Gasteiger partial charge on any atom is 0.379 e. The average Bonchev–Trinajstić information content (AvgIpc) is 3.19. The van der Waals surface area contributed by atoms with Crippen LogP contribution in [0.2, 0.25) is 0 Å². The molecule has 0 amide bonds. The molecule has 0 atom stereocenters. The highest BCUT2D eigenvalue weighted by Gasteiger charge is 2.13. The molecule has 7 heteroatoms. The van der Waals surface area contributed by atoms with Gasteiger partial charge in [-0.3, -0.25) is 0 Å². The maximum absolute atomic E-state index is 12.0. The van der Waals surface area contributed by atoms with Crippen LogP contribution in [0.25, 0.3) is 11.6 Å². The van der Waals surface area contributed by atoms with E-state index in [0.717, 1.165) is 5.56 Å². The molecule has 0 unspecified atom stereocenters. The summed E-state index contributed by atoms with van der Waals surface area (Å²) in [7, 11) is 3.09. The van der Waals surface area contributed by atoms with Gasteiger partial charge in [-0.15, -0.1) is 0 Å². The number of allylic oxidation sites excluding steroid dienone is 1. The Hall–Kier alpha value is -3.50. The van der Waals surface area contributed by atoms with Crippen LogP contribution >= 0.6 is 15.9 Å². The Bertz CT molecular complexity index is 1090. The largest absolute Gasteiger partial charge is 0.493 e. The molecule has 3 rings (SSSR count). The van der Waals surface area contributed by atoms with Crippen LogP contribution < -0.4 is 14.2 Å². The zero-order valence-electron chi connectivity index (χ0n) is 15.6. The van der Waals surface area contributed by atoms with Crippen molar-refractivity contribution in [1.29, 1.82) is 5.26 Å². The molecule has 0 N–H and O–H groups in total. The van der Waals surface area contributed by atoms with Gasteiger partial charge in [0.15, 0.2) is 16.2 Å². The third kappa shape index (κ3) is 4.86. The minimum Gasteiger partial charge on any atom is -0.493 e. The van der Waals surface area contributed by atoms with Crippen LogP contribution in [-0.2, 0) is 0 Å². The summed E-state index contributed by atoms with van der Waals surface area (Å²) in [6, 6.07) is 17.4. The first kappa shape index (κ1) is 20.2. The summed E-state index contributed by atoms with van der Waals surface area (Å²) in [6.07, 6.45) is 1.73. The smallest absolute Gasteiger partial charge is 0.379 e. The van der Waals surface area contributed by atoms with E-state index in [2.05, 4.69) is 22.0 Å². The quantitative estimate of drug-likeness (QED) is 0.216. The Balaban J connectivity index is 1.78. The first-order valence-corrected chi connectivity index (χ1v) is 9.25. The highest BCUT2D eigenvalue weighted by molar-refractivity contribution is 9.10. The molecule has 146 valence electrons. The Morgan fingerprint density at radius 1 is 1.03 bits per heavy atom. The SMILES string of the molecule is COc1ccc(/C(C#N)=C\c2ccc(OC(=O)c3ccc(Br)o3)cc2)cc1OC. The summed E-state index contributed by atoms with van der Waals surface area (Å²) >= 11 is 3.14. The standard InChI is InChI=1S/C22H16BrNO5/c1-26-18-8-5-15(12-20(18)27-2)16(13-24)11-14-3-6-17(7-4-14)28-22(25)19-9-10-21(23)29-19/h3-12H,1-2H3/b16-11-. The lowest BCUT2D eigenvalue weighted by atomic mass is 10.0. The number of nitrogens with zero attached hydrogens (tertiary/aromatic N) is 1. The normalized spacial score (nSPS) is 10.9. The van der Waals surface area contributed by atoms with E-state index in [-0.39, 0.29) is 5.76 Å². The van der Waals surface area contributed by atoms with Gasteiger partial charge >= 0.3 is 5.97 Å². The van der Waals surface area contributed by atoms with E-state index in [1.165, 1.54) is 6.07 Å². The molecule has 3 aromatic rings. The van der Waals surface area contributed by atoms with Crippen molar-refractivity contribution in [2.24, 2.45) is 0 Å². The molecular weight excluding hydrogens is 438 g/mol. The van der Waals surface area contributed by atoms with Crippen LogP contribution in [0.3, 0.4) is 0 Å². The number of nitriles is 1. The van der Waals surface area contributed by atoms with Crippen LogP contribution in [0, 0.1) is 11.3 Å². The van der Waals surface area contributed by atoms with Gasteiger partial charge in [0.1, 0.15) is 5.75 Å². The zero-order chi connectivity index (χ0) is 20.8. The molecule has 0 radical (unpaired) electrons. The molecule has 0 aliphatic carbocycles. The molecule has 0 aliphatic rings. The van der Waals surface area contributed by atoms with Crippen LogP contribution in [0.4, 0.5) is 0 Å². The van der Waals surface area contributed by atoms with Crippen molar-refractivity contribution < 1.29 is 23.4 Å². The van der Waals surface area contributed by atoms with Crippen LogP contribution in [0.15, 0.2) is 63.7 Å². The van der Waals surface area contributed by atoms with Gasteiger partial charge in [0.25, 0.3) is 0 Å². The van der Waals surface area contributed by atoms with Crippen LogP contribution in [0.5, 0.6) is 17.2 Å². The number of esters is 1. The van der Waals surface area contributed by atoms with Gasteiger partial charge in [0.05, 0.1) is 25.9 Å². The van der Waals surface area contributed by atoms with Crippen LogP contribution in [0.1, 0.15) is 21.7 Å². The minimum absolute atomic E-state index is 0.0982. The molecule has 0 spiro atoms. The Morgan fingerprint density at radius 3 is 2.34 bits per heavy atom. The van der Waals surface area contributed by atoms with Crippen molar-refractivity contribution >= 4 is 33.5 Å². The van der Waals surface area contributed by atoms with E-state index < -0.39 is 5.97 Å². The fourth-order valence-electron chi connectivity index (χ4n) is 2.56. The van der Waals surface area contributed by atoms with Gasteiger partial charge in [-0.1, -0.05) is 12.1 Å². The second-order valence-corrected chi connectivity index (χ2v) is 6.58. The van der Waals surface area contributed by atoms with E-state index in [1.807, 2.05) is 0 Å². The van der Waals surface area contributed by atoms with Gasteiger partial charge in [-0.25, -0.2) is 4.79 Å². The summed E-state index contributed by atoms with van der Waals surface area (Å²) in [5.41, 5.74) is 1.93. The number of ether oxygens (including phenoxy) is 3. The summed E-state index contributed by atoms with van der Waals surface area (Å²) < 4.78 is 21.4. The number of furan rings is 1. The number of benzene rings is 2. The van der Waals surface area contributed by atoms with Crippen molar-refractivity contribution in [1.82, 2.24) is 0 Å². The predicted molar refractivity (Wildman–Crippen MR) is 111 cm³/mol. The van der Waals surface area contributed by atoms with Crippen LogP contribution in [-0.4, -0.2) is 20.2 Å². The summed E-state index contributed by atoms with van der Waals surface area (Å²) in [5.74, 6) is 0.994. The van der Waals surface area contributed by atoms with E-state index in [4.69, 9.17) is 18.6 Å². The number of halogens is 1. The molecule has 0 bridgehead atoms. The number of hydrogen-bond donors (Lipinski definition) is 0. The highest BCUT2D eigenvalue weighted by Crippen LogP contribution is 2.31. The monoisotopic (exact) mass is 453 g/mol. The third-order valence-corrected chi connectivity index (χ3v) is 4.42. The number of rotatable bonds is 6. The molecule has 2 aromatic carbocycles. The molecule has 29 heavy (non-hydrogen) atoms. The van der Waals surface area contributed by atoms with Crippen molar-refractivity contribution in [3.05, 3.63) is 76.2 Å². The number of methoxy groups -OCH3 is 2. The molecule has 0 saturated carbocycles. The number of carbonyl (C=O) groups is 1. The highest BCUT2D eigenvalue weighted by atomic mass is 79.9. The molecule has 1 aromatic heterocycles. The Labute approximate surface area is 176 Å². The molecule has 0 saturated heterocycles. The van der Waals surface area contributed by atoms with Gasteiger partial charge in [-0.05, 0) is 75.6 Å². The summed E-state index contributed by atoms with van der Waals surface area (Å²) in [6.45, 7) is 0. The predicted octanol–water partition coefficient (Wildman–Crippen LogP) is 5.34. The number of hydrogen-bond acceptors (Lipinski definition) is 6. The zero-order valence-corrected chi connectivity index (χ0v) is 17.2. The number of carbonyl (C=O) groups excluding carboxylic acids is 1. The van der Waals surface area contributed by atoms with Crippen molar-refractivity contribution in [2.45, 2.75) is 0 Å². The van der Waals surface area contributed by atoms with Crippen molar-refractivity contribution in [2.75, 3.05) is 14.2 Å². The van der Waals surface area contributed by atoms with Crippen molar-refractivity contribution in [3.8, 4) is 23.3 Å². The average molecular weight is 454 g/mol. The van der Waals surface area contributed by atoms with E-state index >= 15 is 0 Å². The molecule has 0 aliphatic heterocycles. The van der Waals surface area contributed by atoms with E-state index in [9.17, 15) is 10.1 Å². The first-order chi connectivity index (χ1) is 14.0. The second kappa shape index (κ2) is 9.13. The maximum atomic E-state index is 12.0. The molecular formula is C22H16BrNO5. The lowest BCUT2D eigenvalue weighted by molar-refractivity contribution is 0.0700. The summed E-state index contributed by atoms with van der Waals surface area (Å²) in [5, 5.41) is 9.56. The summed E-state index contributed by atoms with van der Waals surface area (Å²) in [4.78, 5) is 12.0. The molecule has 6 nitrogen and oxygen atoms in total. The van der Waals surface area contributed by atoms with Gasteiger partial charge in [0.2, 0.25) is 5.76 Å². The first-order valence-electron chi connectivity index (χ1n) is 8.46. The lowest BCUT2D eigenvalue weighted by Gasteiger charge is -2.09. The van der Waals surface area contributed by atoms with E-state index in [0.29, 0.717) is 33.1 Å². The second-order valence-electron chi connectivity index (χ2n) is 5.80. The van der Waals surface area contributed by atoms with Gasteiger partial charge in [-0.2, -0.15) is 5.26 Å². The Morgan fingerprint density at radius 2 is 1.76 bits per heavy atom. The third-order valence-electron chi connectivity index (χ3n) is 3.99. The topological polar surface area (TPSA) is 81.7 Å².